The van der Waals surface area contributed by atoms with Crippen LogP contribution in [0.4, 0.5) is 0 Å². The van der Waals surface area contributed by atoms with Crippen LogP contribution in [0.25, 0.3) is 0 Å². The second-order valence-corrected chi connectivity index (χ2v) is 3.30. The van der Waals surface area contributed by atoms with Crippen molar-refractivity contribution in [3.8, 4) is 6.07 Å². The summed E-state index contributed by atoms with van der Waals surface area (Å²) < 4.78 is 0. The van der Waals surface area contributed by atoms with Crippen LogP contribution in [0.5, 0.6) is 0 Å². The van der Waals surface area contributed by atoms with Gasteiger partial charge in [-0.2, -0.15) is 5.26 Å². The highest BCUT2D eigenvalue weighted by atomic mass is 15.1. The van der Waals surface area contributed by atoms with Gasteiger partial charge in [0.05, 0.1) is 12.0 Å². The Kier molecular flexibility index (Phi) is 13.2. The van der Waals surface area contributed by atoms with Gasteiger partial charge >= 0.3 is 0 Å². The minimum Gasteiger partial charge on any atom is -0.305 e. The van der Waals surface area contributed by atoms with Crippen molar-refractivity contribution in [1.29, 1.82) is 5.26 Å². The molecule has 0 heterocycles. The van der Waals surface area contributed by atoms with E-state index in [1.807, 2.05) is 7.05 Å². The van der Waals surface area contributed by atoms with Gasteiger partial charge in [0, 0.05) is 6.54 Å². The Morgan fingerprint density at radius 2 is 1.69 bits per heavy atom. The summed E-state index contributed by atoms with van der Waals surface area (Å²) in [7, 11) is 2.04. The van der Waals surface area contributed by atoms with Crippen molar-refractivity contribution in [2.45, 2.75) is 40.5 Å². The number of hydrogen-bond acceptors (Lipinski definition) is 2. The quantitative estimate of drug-likeness (QED) is 0.671. The molecule has 0 aromatic carbocycles. The molecule has 2 heteroatoms. The molecule has 0 amide bonds. The molecule has 0 aromatic rings. The van der Waals surface area contributed by atoms with Crippen LogP contribution in [0, 0.1) is 17.2 Å². The van der Waals surface area contributed by atoms with Gasteiger partial charge in [0.15, 0.2) is 0 Å². The number of hydrogen-bond donors (Lipinski definition) is 0. The Labute approximate surface area is 83.5 Å². The number of rotatable bonds is 4. The van der Waals surface area contributed by atoms with Crippen LogP contribution in [0.2, 0.25) is 0 Å². The zero-order valence-corrected chi connectivity index (χ0v) is 9.80. The summed E-state index contributed by atoms with van der Waals surface area (Å²) in [6, 6.07) is 2.28. The Morgan fingerprint density at radius 3 is 1.92 bits per heavy atom. The van der Waals surface area contributed by atoms with Crippen molar-refractivity contribution in [1.82, 2.24) is 4.90 Å². The van der Waals surface area contributed by atoms with Crippen LogP contribution < -0.4 is 0 Å². The maximum Gasteiger partial charge on any atom is 0.0669 e. The normalized spacial score (nSPS) is 11.5. The molecule has 78 valence electrons. The highest BCUT2D eigenvalue weighted by Crippen LogP contribution is 2.01. The highest BCUT2D eigenvalue weighted by Gasteiger charge is 2.05. The van der Waals surface area contributed by atoms with Gasteiger partial charge < -0.3 is 4.90 Å². The van der Waals surface area contributed by atoms with E-state index in [9.17, 15) is 0 Å². The van der Waals surface area contributed by atoms with Crippen molar-refractivity contribution in [3.05, 3.63) is 0 Å². The van der Waals surface area contributed by atoms with Gasteiger partial charge in [0.1, 0.15) is 0 Å². The first-order chi connectivity index (χ1) is 6.15. The molecule has 0 aromatic heterocycles. The van der Waals surface area contributed by atoms with Crippen LogP contribution in [-0.2, 0) is 0 Å². The molecular weight excluding hydrogens is 160 g/mol. The van der Waals surface area contributed by atoms with Crippen molar-refractivity contribution in [2.24, 2.45) is 5.92 Å². The van der Waals surface area contributed by atoms with Gasteiger partial charge in [0.2, 0.25) is 0 Å². The predicted molar refractivity (Wildman–Crippen MR) is 58.5 cm³/mol. The third kappa shape index (κ3) is 11.5. The van der Waals surface area contributed by atoms with Gasteiger partial charge in [-0.15, -0.1) is 0 Å². The van der Waals surface area contributed by atoms with Crippen LogP contribution >= 0.6 is 0 Å². The fourth-order valence-electron chi connectivity index (χ4n) is 0.767. The molecule has 1 atom stereocenters. The van der Waals surface area contributed by atoms with E-state index in [2.05, 4.69) is 38.7 Å². The summed E-state index contributed by atoms with van der Waals surface area (Å²) >= 11 is 0. The minimum atomic E-state index is 0.213. The van der Waals surface area contributed by atoms with Gasteiger partial charge in [-0.05, 0) is 20.0 Å². The molecule has 0 aliphatic carbocycles. The van der Waals surface area contributed by atoms with E-state index < -0.39 is 0 Å². The highest BCUT2D eigenvalue weighted by molar-refractivity contribution is 4.83. The minimum absolute atomic E-state index is 0.213. The van der Waals surface area contributed by atoms with Gasteiger partial charge in [-0.1, -0.05) is 34.1 Å². The van der Waals surface area contributed by atoms with E-state index in [1.165, 1.54) is 6.42 Å². The summed E-state index contributed by atoms with van der Waals surface area (Å²) in [5, 5.41) is 8.59. The van der Waals surface area contributed by atoms with E-state index in [0.717, 1.165) is 19.5 Å². The molecule has 13 heavy (non-hydrogen) atoms. The van der Waals surface area contributed by atoms with Crippen molar-refractivity contribution < 1.29 is 0 Å². The average molecular weight is 184 g/mol. The summed E-state index contributed by atoms with van der Waals surface area (Å²) in [5.74, 6) is 0.213. The van der Waals surface area contributed by atoms with E-state index in [0.29, 0.717) is 0 Å². The molecule has 0 spiro atoms. The first-order valence-corrected chi connectivity index (χ1v) is 5.24. The van der Waals surface area contributed by atoms with E-state index in [4.69, 9.17) is 5.26 Å². The fourth-order valence-corrected chi connectivity index (χ4v) is 0.767. The zero-order chi connectivity index (χ0) is 10.7. The topological polar surface area (TPSA) is 27.0 Å². The predicted octanol–water partition coefficient (Wildman–Crippen LogP) is 2.90. The molecule has 0 bridgehead atoms. The molecule has 0 fully saturated rings. The molecule has 2 nitrogen and oxygen atoms in total. The zero-order valence-electron chi connectivity index (χ0n) is 9.80. The Hall–Kier alpha value is -0.550. The molecule has 0 radical (unpaired) electrons. The Morgan fingerprint density at radius 1 is 1.23 bits per heavy atom. The molecule has 0 aliphatic heterocycles. The largest absolute Gasteiger partial charge is 0.305 e. The lowest BCUT2D eigenvalue weighted by Crippen LogP contribution is -2.24. The van der Waals surface area contributed by atoms with Gasteiger partial charge in [-0.25, -0.2) is 0 Å². The molecular formula is C11H24N2. The van der Waals surface area contributed by atoms with E-state index in [-0.39, 0.29) is 5.92 Å². The van der Waals surface area contributed by atoms with Crippen molar-refractivity contribution >= 4 is 0 Å². The fraction of sp³-hybridized carbons (Fsp3) is 0.909. The van der Waals surface area contributed by atoms with Gasteiger partial charge in [0.25, 0.3) is 0 Å². The maximum absolute atomic E-state index is 8.59. The van der Waals surface area contributed by atoms with Crippen LogP contribution in [0.3, 0.4) is 0 Å². The van der Waals surface area contributed by atoms with Crippen molar-refractivity contribution in [3.63, 3.8) is 0 Å². The summed E-state index contributed by atoms with van der Waals surface area (Å²) in [6.07, 6.45) is 2.21. The second-order valence-electron chi connectivity index (χ2n) is 3.30. The SMILES string of the molecule is CCC.CCC(C#N)CN(C)CC. The van der Waals surface area contributed by atoms with E-state index >= 15 is 0 Å². The van der Waals surface area contributed by atoms with Crippen LogP contribution in [0.15, 0.2) is 0 Å². The molecule has 0 N–H and O–H groups in total. The summed E-state index contributed by atoms with van der Waals surface area (Å²) in [5.41, 5.74) is 0. The second kappa shape index (κ2) is 11.4. The number of nitriles is 1. The standard InChI is InChI=1S/C8H16N2.C3H8/c1-4-8(6-9)7-10(3)5-2;1-3-2/h8H,4-5,7H2,1-3H3;3H2,1-2H3. The monoisotopic (exact) mass is 184 g/mol. The number of nitrogens with zero attached hydrogens (tertiary/aromatic N) is 2. The summed E-state index contributed by atoms with van der Waals surface area (Å²) in [6.45, 7) is 10.3. The first-order valence-electron chi connectivity index (χ1n) is 5.24. The lowest BCUT2D eigenvalue weighted by molar-refractivity contribution is 0.314. The molecule has 0 aliphatic rings. The molecule has 0 rings (SSSR count). The first kappa shape index (κ1) is 14.9. The Balaban J connectivity index is 0. The molecule has 0 saturated heterocycles. The molecule has 0 saturated carbocycles. The maximum atomic E-state index is 8.59. The summed E-state index contributed by atoms with van der Waals surface area (Å²) in [4.78, 5) is 2.16. The lowest BCUT2D eigenvalue weighted by Gasteiger charge is -2.15. The lowest BCUT2D eigenvalue weighted by atomic mass is 10.1. The average Bonchev–Trinajstić information content (AvgIpc) is 2.15. The molecule has 1 unspecified atom stereocenters. The third-order valence-electron chi connectivity index (χ3n) is 1.75. The van der Waals surface area contributed by atoms with E-state index in [1.54, 1.807) is 0 Å². The third-order valence-corrected chi connectivity index (χ3v) is 1.75. The van der Waals surface area contributed by atoms with Gasteiger partial charge in [-0.3, -0.25) is 0 Å². The van der Waals surface area contributed by atoms with Crippen LogP contribution in [0.1, 0.15) is 40.5 Å². The smallest absolute Gasteiger partial charge is 0.0669 e. The Bertz CT molecular complexity index is 127. The van der Waals surface area contributed by atoms with Crippen LogP contribution in [-0.4, -0.2) is 25.0 Å². The van der Waals surface area contributed by atoms with Crippen molar-refractivity contribution in [2.75, 3.05) is 20.1 Å².